The van der Waals surface area contributed by atoms with Gasteiger partial charge in [0.05, 0.1) is 19.0 Å². The fourth-order valence-electron chi connectivity index (χ4n) is 3.23. The molecule has 0 spiro atoms. The summed E-state index contributed by atoms with van der Waals surface area (Å²) in [5.74, 6) is 0.162. The van der Waals surface area contributed by atoms with Gasteiger partial charge in [-0.2, -0.15) is 5.10 Å². The molecule has 0 bridgehead atoms. The zero-order valence-corrected chi connectivity index (χ0v) is 17.2. The van der Waals surface area contributed by atoms with Gasteiger partial charge in [0.15, 0.2) is 5.65 Å². The number of aromatic nitrogens is 3. The van der Waals surface area contributed by atoms with Gasteiger partial charge in [-0.05, 0) is 67.4 Å². The van der Waals surface area contributed by atoms with E-state index in [1.807, 2.05) is 26.0 Å². The topological polar surface area (TPSA) is 68.5 Å². The third-order valence-electron chi connectivity index (χ3n) is 5.12. The van der Waals surface area contributed by atoms with Gasteiger partial charge in [0.1, 0.15) is 17.0 Å². The van der Waals surface area contributed by atoms with Gasteiger partial charge in [0.25, 0.3) is 12.3 Å². The second-order valence-corrected chi connectivity index (χ2v) is 7.14. The maximum atomic E-state index is 13.7. The monoisotopic (exact) mass is 422 g/mol. The van der Waals surface area contributed by atoms with E-state index in [-0.39, 0.29) is 16.9 Å². The highest BCUT2D eigenvalue weighted by Crippen LogP contribution is 2.28. The first-order valence-corrected chi connectivity index (χ1v) is 9.57. The number of nitrogens with one attached hydrogen (secondary N) is 1. The molecule has 0 aliphatic rings. The molecular weight excluding hydrogens is 402 g/mol. The number of rotatable bonds is 5. The van der Waals surface area contributed by atoms with E-state index in [0.29, 0.717) is 22.7 Å². The van der Waals surface area contributed by atoms with E-state index >= 15 is 0 Å². The molecule has 0 saturated heterocycles. The van der Waals surface area contributed by atoms with Crippen LogP contribution in [0, 0.1) is 13.8 Å². The van der Waals surface area contributed by atoms with Crippen molar-refractivity contribution in [3.05, 3.63) is 77.1 Å². The van der Waals surface area contributed by atoms with Crippen LogP contribution in [0.4, 0.5) is 14.5 Å². The van der Waals surface area contributed by atoms with Gasteiger partial charge in [-0.15, -0.1) is 0 Å². The number of carbonyl (C=O) groups excluding carboxylic acids is 1. The summed E-state index contributed by atoms with van der Waals surface area (Å²) in [7, 11) is 1.54. The first-order chi connectivity index (χ1) is 14.9. The minimum absolute atomic E-state index is 0.0601. The molecule has 31 heavy (non-hydrogen) atoms. The maximum Gasteiger partial charge on any atom is 0.280 e. The number of nitrogens with zero attached hydrogens (tertiary/aromatic N) is 3. The lowest BCUT2D eigenvalue weighted by molar-refractivity contribution is 0.102. The summed E-state index contributed by atoms with van der Waals surface area (Å²) in [5.41, 5.74) is 3.48. The Balaban J connectivity index is 1.78. The fraction of sp³-hybridized carbons (Fsp3) is 0.174. The minimum Gasteiger partial charge on any atom is -0.497 e. The standard InChI is InChI=1S/C23H20F2N4O2/c1-13-4-7-16(10-14(13)2)27-23(30)18-12-26-29-20(21(24)25)11-19(28-22(18)29)15-5-8-17(31-3)9-6-15/h4-12,21H,1-3H3,(H,27,30). The number of benzene rings is 2. The molecule has 1 amide bonds. The number of hydrogen-bond acceptors (Lipinski definition) is 4. The Hall–Kier alpha value is -3.81. The molecule has 0 radical (unpaired) electrons. The predicted octanol–water partition coefficient (Wildman–Crippen LogP) is 5.21. The number of aryl methyl sites for hydroxylation is 2. The number of ether oxygens (including phenoxy) is 1. The van der Waals surface area contributed by atoms with Crippen LogP contribution in [0.2, 0.25) is 0 Å². The molecule has 0 aliphatic heterocycles. The molecule has 0 fully saturated rings. The highest BCUT2D eigenvalue weighted by molar-refractivity contribution is 6.08. The number of halogens is 2. The SMILES string of the molecule is COc1ccc(-c2cc(C(F)F)n3ncc(C(=O)Nc4ccc(C)c(C)c4)c3n2)cc1. The smallest absolute Gasteiger partial charge is 0.280 e. The molecule has 4 aromatic rings. The number of alkyl halides is 2. The normalized spacial score (nSPS) is 11.2. The largest absolute Gasteiger partial charge is 0.497 e. The highest BCUT2D eigenvalue weighted by Gasteiger charge is 2.21. The van der Waals surface area contributed by atoms with E-state index < -0.39 is 12.3 Å². The molecule has 4 rings (SSSR count). The van der Waals surface area contributed by atoms with Crippen LogP contribution < -0.4 is 10.1 Å². The van der Waals surface area contributed by atoms with Crippen molar-refractivity contribution in [3.8, 4) is 17.0 Å². The molecular formula is C23H20F2N4O2. The van der Waals surface area contributed by atoms with Crippen LogP contribution in [0.5, 0.6) is 5.75 Å². The van der Waals surface area contributed by atoms with Crippen molar-refractivity contribution < 1.29 is 18.3 Å². The van der Waals surface area contributed by atoms with Crippen LogP contribution in [0.3, 0.4) is 0 Å². The van der Waals surface area contributed by atoms with Gasteiger partial charge >= 0.3 is 0 Å². The average molecular weight is 422 g/mol. The Morgan fingerprint density at radius 3 is 2.45 bits per heavy atom. The van der Waals surface area contributed by atoms with Gasteiger partial charge in [-0.25, -0.2) is 18.3 Å². The van der Waals surface area contributed by atoms with Gasteiger partial charge in [-0.3, -0.25) is 4.79 Å². The van der Waals surface area contributed by atoms with Crippen LogP contribution in [-0.2, 0) is 0 Å². The molecule has 8 heteroatoms. The van der Waals surface area contributed by atoms with Crippen LogP contribution in [-0.4, -0.2) is 27.6 Å². The molecule has 0 saturated carbocycles. The van der Waals surface area contributed by atoms with Gasteiger partial charge in [0.2, 0.25) is 0 Å². The molecule has 2 aromatic carbocycles. The van der Waals surface area contributed by atoms with E-state index in [2.05, 4.69) is 15.4 Å². The van der Waals surface area contributed by atoms with Crippen molar-refractivity contribution in [2.24, 2.45) is 0 Å². The van der Waals surface area contributed by atoms with Crippen molar-refractivity contribution in [1.82, 2.24) is 14.6 Å². The number of hydrogen-bond donors (Lipinski definition) is 1. The summed E-state index contributed by atoms with van der Waals surface area (Å²) in [5, 5.41) is 6.78. The van der Waals surface area contributed by atoms with Gasteiger partial charge in [-0.1, -0.05) is 6.07 Å². The first kappa shape index (κ1) is 20.5. The fourth-order valence-corrected chi connectivity index (χ4v) is 3.23. The van der Waals surface area contributed by atoms with Crippen molar-refractivity contribution in [2.45, 2.75) is 20.3 Å². The van der Waals surface area contributed by atoms with E-state index in [4.69, 9.17) is 4.74 Å². The van der Waals surface area contributed by atoms with E-state index in [9.17, 15) is 13.6 Å². The lowest BCUT2D eigenvalue weighted by Gasteiger charge is -2.10. The summed E-state index contributed by atoms with van der Waals surface area (Å²) in [6.07, 6.45) is -1.54. The van der Waals surface area contributed by atoms with Crippen molar-refractivity contribution in [2.75, 3.05) is 12.4 Å². The van der Waals surface area contributed by atoms with Crippen molar-refractivity contribution in [1.29, 1.82) is 0 Å². The Kier molecular flexibility index (Phi) is 5.37. The second-order valence-electron chi connectivity index (χ2n) is 7.14. The van der Waals surface area contributed by atoms with Crippen LogP contribution in [0.15, 0.2) is 54.7 Å². The molecule has 6 nitrogen and oxygen atoms in total. The second kappa shape index (κ2) is 8.14. The number of fused-ring (bicyclic) bond motifs is 1. The third-order valence-corrected chi connectivity index (χ3v) is 5.12. The number of anilines is 1. The summed E-state index contributed by atoms with van der Waals surface area (Å²) >= 11 is 0. The van der Waals surface area contributed by atoms with Gasteiger partial charge < -0.3 is 10.1 Å². The molecule has 158 valence electrons. The summed E-state index contributed by atoms with van der Waals surface area (Å²) < 4.78 is 33.6. The van der Waals surface area contributed by atoms with E-state index in [1.165, 1.54) is 12.3 Å². The molecule has 2 heterocycles. The lowest BCUT2D eigenvalue weighted by Crippen LogP contribution is -2.13. The number of carbonyl (C=O) groups is 1. The molecule has 1 N–H and O–H groups in total. The lowest BCUT2D eigenvalue weighted by atomic mass is 10.1. The number of amides is 1. The zero-order chi connectivity index (χ0) is 22.1. The zero-order valence-electron chi connectivity index (χ0n) is 17.2. The Morgan fingerprint density at radius 2 is 1.81 bits per heavy atom. The van der Waals surface area contributed by atoms with Crippen LogP contribution >= 0.6 is 0 Å². The Morgan fingerprint density at radius 1 is 1.06 bits per heavy atom. The van der Waals surface area contributed by atoms with Crippen molar-refractivity contribution >= 4 is 17.2 Å². The van der Waals surface area contributed by atoms with E-state index in [0.717, 1.165) is 15.6 Å². The third kappa shape index (κ3) is 3.96. The predicted molar refractivity (Wildman–Crippen MR) is 114 cm³/mol. The Labute approximate surface area is 177 Å². The van der Waals surface area contributed by atoms with Crippen LogP contribution in [0.1, 0.15) is 33.6 Å². The Bertz CT molecular complexity index is 1270. The minimum atomic E-state index is -2.79. The molecule has 2 aromatic heterocycles. The average Bonchev–Trinajstić information content (AvgIpc) is 3.19. The van der Waals surface area contributed by atoms with Gasteiger partial charge in [0, 0.05) is 11.3 Å². The summed E-state index contributed by atoms with van der Waals surface area (Å²) in [6, 6.07) is 13.7. The summed E-state index contributed by atoms with van der Waals surface area (Å²) in [6.45, 7) is 3.92. The first-order valence-electron chi connectivity index (χ1n) is 9.57. The quantitative estimate of drug-likeness (QED) is 0.479. The highest BCUT2D eigenvalue weighted by atomic mass is 19.3. The van der Waals surface area contributed by atoms with E-state index in [1.54, 1.807) is 37.4 Å². The molecule has 0 aliphatic carbocycles. The summed E-state index contributed by atoms with van der Waals surface area (Å²) in [4.78, 5) is 17.4. The maximum absolute atomic E-state index is 13.7. The van der Waals surface area contributed by atoms with Crippen LogP contribution in [0.25, 0.3) is 16.9 Å². The molecule has 0 atom stereocenters. The number of methoxy groups -OCH3 is 1. The molecule has 0 unspecified atom stereocenters. The van der Waals surface area contributed by atoms with Crippen molar-refractivity contribution in [3.63, 3.8) is 0 Å².